The summed E-state index contributed by atoms with van der Waals surface area (Å²) in [6, 6.07) is 5.91. The number of methoxy groups -OCH3 is 1. The molecule has 0 aromatic heterocycles. The van der Waals surface area contributed by atoms with Crippen molar-refractivity contribution in [2.75, 3.05) is 18.2 Å². The van der Waals surface area contributed by atoms with Crippen LogP contribution in [0.1, 0.15) is 13.8 Å². The lowest BCUT2D eigenvalue weighted by Gasteiger charge is -2.10. The molecule has 1 N–H and O–H groups in total. The third-order valence-electron chi connectivity index (χ3n) is 2.37. The second kappa shape index (κ2) is 4.90. The quantitative estimate of drug-likeness (QED) is 0.902. The summed E-state index contributed by atoms with van der Waals surface area (Å²) in [5, 5.41) is 4.29. The molecule has 0 saturated heterocycles. The lowest BCUT2D eigenvalue weighted by Crippen LogP contribution is -2.15. The highest BCUT2D eigenvalue weighted by molar-refractivity contribution is 9.10. The third-order valence-corrected chi connectivity index (χ3v) is 4.31. The Morgan fingerprint density at radius 1 is 1.47 bits per heavy atom. The van der Waals surface area contributed by atoms with Crippen molar-refractivity contribution >= 4 is 38.5 Å². The van der Waals surface area contributed by atoms with Crippen LogP contribution >= 0.6 is 27.7 Å². The number of nitrogens with zero attached hydrogens (tertiary/aromatic N) is 1. The number of rotatable bonds is 2. The Hall–Kier alpha value is -0.680. The predicted molar refractivity (Wildman–Crippen MR) is 78.3 cm³/mol. The number of thioether (sulfide) groups is 1. The van der Waals surface area contributed by atoms with E-state index in [9.17, 15) is 0 Å². The Kier molecular flexibility index (Phi) is 3.68. The molecule has 0 aliphatic carbocycles. The Bertz CT molecular complexity index is 460. The van der Waals surface area contributed by atoms with Crippen molar-refractivity contribution in [3.63, 3.8) is 0 Å². The smallest absolute Gasteiger partial charge is 0.161 e. The summed E-state index contributed by atoms with van der Waals surface area (Å²) in [5.41, 5.74) is 1.05. The highest BCUT2D eigenvalue weighted by Gasteiger charge is 2.25. The molecule has 0 amide bonds. The zero-order valence-corrected chi connectivity index (χ0v) is 12.5. The van der Waals surface area contributed by atoms with Gasteiger partial charge in [-0.15, -0.1) is 0 Å². The number of nitrogens with one attached hydrogen (secondary N) is 1. The largest absolute Gasteiger partial charge is 0.496 e. The van der Waals surface area contributed by atoms with Gasteiger partial charge in [-0.3, -0.25) is 4.99 Å². The van der Waals surface area contributed by atoms with E-state index in [1.54, 1.807) is 18.9 Å². The average molecular weight is 315 g/mol. The van der Waals surface area contributed by atoms with Gasteiger partial charge in [-0.05, 0) is 48.0 Å². The third kappa shape index (κ3) is 3.16. The minimum absolute atomic E-state index is 0.0384. The first-order chi connectivity index (χ1) is 8.00. The van der Waals surface area contributed by atoms with Gasteiger partial charge in [0.15, 0.2) is 5.17 Å². The van der Waals surface area contributed by atoms with Crippen LogP contribution in [0.2, 0.25) is 0 Å². The van der Waals surface area contributed by atoms with Crippen LogP contribution in [-0.4, -0.2) is 23.6 Å². The van der Waals surface area contributed by atoms with E-state index in [-0.39, 0.29) is 5.54 Å². The lowest BCUT2D eigenvalue weighted by atomic mass is 10.1. The molecule has 1 aliphatic heterocycles. The first-order valence-electron chi connectivity index (χ1n) is 5.33. The molecule has 1 aromatic carbocycles. The van der Waals surface area contributed by atoms with Crippen molar-refractivity contribution in [2.45, 2.75) is 19.4 Å². The van der Waals surface area contributed by atoms with Gasteiger partial charge in [-0.1, -0.05) is 11.8 Å². The molecule has 2 rings (SSSR count). The Morgan fingerprint density at radius 2 is 2.24 bits per heavy atom. The Labute approximate surface area is 114 Å². The summed E-state index contributed by atoms with van der Waals surface area (Å²) in [5.74, 6) is 1.85. The van der Waals surface area contributed by atoms with Crippen LogP contribution < -0.4 is 10.1 Å². The van der Waals surface area contributed by atoms with Gasteiger partial charge in [-0.25, -0.2) is 0 Å². The first-order valence-corrected chi connectivity index (χ1v) is 7.11. The van der Waals surface area contributed by atoms with E-state index >= 15 is 0 Å². The highest BCUT2D eigenvalue weighted by Crippen LogP contribution is 2.31. The van der Waals surface area contributed by atoms with Gasteiger partial charge >= 0.3 is 0 Å². The second-order valence-electron chi connectivity index (χ2n) is 4.49. The molecule has 5 heteroatoms. The van der Waals surface area contributed by atoms with Crippen LogP contribution in [-0.2, 0) is 0 Å². The van der Waals surface area contributed by atoms with E-state index in [2.05, 4.69) is 40.1 Å². The fraction of sp³-hybridized carbons (Fsp3) is 0.417. The SMILES string of the molecule is COc1ccc(NC2=NC(C)(C)CS2)cc1Br. The number of hydrogen-bond donors (Lipinski definition) is 1. The van der Waals surface area contributed by atoms with Gasteiger partial charge in [-0.2, -0.15) is 0 Å². The van der Waals surface area contributed by atoms with Crippen molar-refractivity contribution in [1.29, 1.82) is 0 Å². The standard InChI is InChI=1S/C12H15BrN2OS/c1-12(2)7-17-11(15-12)14-8-4-5-10(16-3)9(13)6-8/h4-6H,7H2,1-3H3,(H,14,15). The molecule has 0 fully saturated rings. The van der Waals surface area contributed by atoms with Crippen LogP contribution in [0.25, 0.3) is 0 Å². The van der Waals surface area contributed by atoms with Gasteiger partial charge in [0, 0.05) is 11.4 Å². The molecule has 0 atom stereocenters. The van der Waals surface area contributed by atoms with Gasteiger partial charge in [0.25, 0.3) is 0 Å². The van der Waals surface area contributed by atoms with E-state index < -0.39 is 0 Å². The van der Waals surface area contributed by atoms with Crippen molar-refractivity contribution in [3.8, 4) is 5.75 Å². The maximum absolute atomic E-state index is 5.19. The Balaban J connectivity index is 2.12. The summed E-state index contributed by atoms with van der Waals surface area (Å²) >= 11 is 5.22. The molecule has 0 bridgehead atoms. The number of amidine groups is 1. The maximum Gasteiger partial charge on any atom is 0.161 e. The number of halogens is 1. The summed E-state index contributed by atoms with van der Waals surface area (Å²) in [4.78, 5) is 4.61. The highest BCUT2D eigenvalue weighted by atomic mass is 79.9. The van der Waals surface area contributed by atoms with Gasteiger partial charge in [0.05, 0.1) is 17.1 Å². The van der Waals surface area contributed by atoms with E-state index in [4.69, 9.17) is 4.74 Å². The fourth-order valence-corrected chi connectivity index (χ4v) is 3.11. The van der Waals surface area contributed by atoms with E-state index in [1.165, 1.54) is 0 Å². The number of benzene rings is 1. The first kappa shape index (κ1) is 12.8. The molecule has 1 heterocycles. The summed E-state index contributed by atoms with van der Waals surface area (Å²) in [6.07, 6.45) is 0. The fourth-order valence-electron chi connectivity index (χ4n) is 1.52. The van der Waals surface area contributed by atoms with Crippen molar-refractivity contribution in [2.24, 2.45) is 4.99 Å². The van der Waals surface area contributed by atoms with Crippen LogP contribution in [0.3, 0.4) is 0 Å². The van der Waals surface area contributed by atoms with E-state index in [1.807, 2.05) is 18.2 Å². The van der Waals surface area contributed by atoms with Crippen LogP contribution in [0.15, 0.2) is 27.7 Å². The molecule has 1 aliphatic rings. The summed E-state index contributed by atoms with van der Waals surface area (Å²) < 4.78 is 6.13. The molecule has 0 saturated carbocycles. The number of anilines is 1. The molecule has 1 aromatic rings. The van der Waals surface area contributed by atoms with Gasteiger partial charge in [0.1, 0.15) is 5.75 Å². The number of ether oxygens (including phenoxy) is 1. The van der Waals surface area contributed by atoms with E-state index in [0.717, 1.165) is 26.8 Å². The Morgan fingerprint density at radius 3 is 2.76 bits per heavy atom. The normalized spacial score (nSPS) is 17.8. The topological polar surface area (TPSA) is 33.6 Å². The van der Waals surface area contributed by atoms with E-state index in [0.29, 0.717) is 0 Å². The zero-order valence-electron chi connectivity index (χ0n) is 10.1. The molecular weight excluding hydrogens is 300 g/mol. The maximum atomic E-state index is 5.19. The summed E-state index contributed by atoms with van der Waals surface area (Å²) in [6.45, 7) is 4.28. The van der Waals surface area contributed by atoms with Gasteiger partial charge in [0.2, 0.25) is 0 Å². The van der Waals surface area contributed by atoms with Crippen molar-refractivity contribution < 1.29 is 4.74 Å². The zero-order chi connectivity index (χ0) is 12.5. The molecular formula is C12H15BrN2OS. The number of hydrogen-bond acceptors (Lipinski definition) is 4. The molecule has 0 radical (unpaired) electrons. The minimum atomic E-state index is 0.0384. The van der Waals surface area contributed by atoms with Crippen molar-refractivity contribution in [1.82, 2.24) is 0 Å². The lowest BCUT2D eigenvalue weighted by molar-refractivity contribution is 0.412. The van der Waals surface area contributed by atoms with Crippen LogP contribution in [0.4, 0.5) is 5.69 Å². The second-order valence-corrected chi connectivity index (χ2v) is 6.31. The summed E-state index contributed by atoms with van der Waals surface area (Å²) in [7, 11) is 1.66. The monoisotopic (exact) mass is 314 g/mol. The molecule has 0 unspecified atom stereocenters. The average Bonchev–Trinajstić information content (AvgIpc) is 2.58. The minimum Gasteiger partial charge on any atom is -0.496 e. The van der Waals surface area contributed by atoms with Gasteiger partial charge < -0.3 is 10.1 Å². The molecule has 3 nitrogen and oxygen atoms in total. The molecule has 92 valence electrons. The van der Waals surface area contributed by atoms with Crippen LogP contribution in [0.5, 0.6) is 5.75 Å². The molecule has 17 heavy (non-hydrogen) atoms. The van der Waals surface area contributed by atoms with Crippen LogP contribution in [0, 0.1) is 0 Å². The molecule has 0 spiro atoms. The predicted octanol–water partition coefficient (Wildman–Crippen LogP) is 3.75. The number of aliphatic imine (C=N–C) groups is 1. The van der Waals surface area contributed by atoms with Crippen molar-refractivity contribution in [3.05, 3.63) is 22.7 Å².